The third-order valence-electron chi connectivity index (χ3n) is 0.704. The van der Waals surface area contributed by atoms with E-state index in [9.17, 15) is 4.79 Å². The molecule has 8 heavy (non-hydrogen) atoms. The van der Waals surface area contributed by atoms with Crippen molar-refractivity contribution >= 4 is 5.91 Å². The lowest BCUT2D eigenvalue weighted by atomic mass is 10.6. The number of carbonyl (C=O) groups is 1. The van der Waals surface area contributed by atoms with Gasteiger partial charge in [0.2, 0.25) is 5.91 Å². The van der Waals surface area contributed by atoms with Crippen LogP contribution in [0.3, 0.4) is 0 Å². The van der Waals surface area contributed by atoms with Crippen LogP contribution >= 0.6 is 0 Å². The summed E-state index contributed by atoms with van der Waals surface area (Å²) in [6.45, 7) is 1.76. The van der Waals surface area contributed by atoms with Crippen molar-refractivity contribution in [2.24, 2.45) is 5.73 Å². The number of nitrogens with two attached hydrogens (primary N) is 1. The van der Waals surface area contributed by atoms with Gasteiger partial charge >= 0.3 is 0 Å². The van der Waals surface area contributed by atoms with Gasteiger partial charge in [-0.05, 0) is 0 Å². The van der Waals surface area contributed by atoms with Crippen molar-refractivity contribution in [2.45, 2.75) is 6.92 Å². The first kappa shape index (κ1) is 7.39. The molecule has 0 aromatic carbocycles. The quantitative estimate of drug-likeness (QED) is 0.368. The van der Waals surface area contributed by atoms with Crippen molar-refractivity contribution in [2.75, 3.05) is 13.1 Å². The molecule has 0 heterocycles. The van der Waals surface area contributed by atoms with Crippen molar-refractivity contribution in [3.8, 4) is 0 Å². The molecule has 0 rings (SSSR count). The molecule has 4 nitrogen and oxygen atoms in total. The standard InChI is InChI=1S/C4H10N2O2/c1-4(7)6(8)3-2-5/h8H,2-3,5H2,1H3. The first-order valence-electron chi connectivity index (χ1n) is 2.35. The second-order valence-corrected chi connectivity index (χ2v) is 1.43. The topological polar surface area (TPSA) is 66.6 Å². The number of hydrogen-bond acceptors (Lipinski definition) is 3. The van der Waals surface area contributed by atoms with E-state index in [0.29, 0.717) is 5.06 Å². The van der Waals surface area contributed by atoms with Gasteiger partial charge in [0.25, 0.3) is 0 Å². The lowest BCUT2D eigenvalue weighted by Crippen LogP contribution is -2.30. The Morgan fingerprint density at radius 2 is 2.38 bits per heavy atom. The fourth-order valence-electron chi connectivity index (χ4n) is 0.280. The summed E-state index contributed by atoms with van der Waals surface area (Å²) < 4.78 is 0. The van der Waals surface area contributed by atoms with Crippen molar-refractivity contribution in [3.63, 3.8) is 0 Å². The van der Waals surface area contributed by atoms with Gasteiger partial charge in [-0.15, -0.1) is 0 Å². The van der Waals surface area contributed by atoms with Gasteiger partial charge in [0.05, 0.1) is 6.54 Å². The Hall–Kier alpha value is -0.610. The highest BCUT2D eigenvalue weighted by molar-refractivity contribution is 5.71. The zero-order valence-corrected chi connectivity index (χ0v) is 4.79. The monoisotopic (exact) mass is 118 g/mol. The second-order valence-electron chi connectivity index (χ2n) is 1.43. The van der Waals surface area contributed by atoms with E-state index in [1.807, 2.05) is 0 Å². The van der Waals surface area contributed by atoms with E-state index >= 15 is 0 Å². The van der Waals surface area contributed by atoms with Crippen LogP contribution in [0.15, 0.2) is 0 Å². The predicted octanol–water partition coefficient (Wildman–Crippen LogP) is -0.817. The Morgan fingerprint density at radius 3 is 2.50 bits per heavy atom. The average molecular weight is 118 g/mol. The third kappa shape index (κ3) is 2.54. The van der Waals surface area contributed by atoms with Crippen LogP contribution in [0.25, 0.3) is 0 Å². The van der Waals surface area contributed by atoms with Gasteiger partial charge in [-0.2, -0.15) is 0 Å². The van der Waals surface area contributed by atoms with Crippen LogP contribution in [0.2, 0.25) is 0 Å². The number of hydroxylamine groups is 2. The Morgan fingerprint density at radius 1 is 1.88 bits per heavy atom. The van der Waals surface area contributed by atoms with Gasteiger partial charge < -0.3 is 5.73 Å². The van der Waals surface area contributed by atoms with E-state index in [-0.39, 0.29) is 19.0 Å². The molecule has 0 aliphatic carbocycles. The Labute approximate surface area is 47.8 Å². The minimum atomic E-state index is -0.379. The summed E-state index contributed by atoms with van der Waals surface area (Å²) in [6.07, 6.45) is 0. The number of nitrogens with zero attached hydrogens (tertiary/aromatic N) is 1. The number of amides is 1. The van der Waals surface area contributed by atoms with E-state index in [2.05, 4.69) is 0 Å². The minimum absolute atomic E-state index is 0.204. The van der Waals surface area contributed by atoms with E-state index in [4.69, 9.17) is 10.9 Å². The van der Waals surface area contributed by atoms with Gasteiger partial charge in [-0.1, -0.05) is 0 Å². The maximum absolute atomic E-state index is 10.2. The van der Waals surface area contributed by atoms with Crippen LogP contribution in [-0.4, -0.2) is 29.3 Å². The molecule has 0 aliphatic rings. The number of hydrogen-bond donors (Lipinski definition) is 2. The van der Waals surface area contributed by atoms with Crippen LogP contribution in [0.4, 0.5) is 0 Å². The molecule has 0 spiro atoms. The Kier molecular flexibility index (Phi) is 3.14. The summed E-state index contributed by atoms with van der Waals surface area (Å²) in [4.78, 5) is 10.2. The van der Waals surface area contributed by atoms with E-state index < -0.39 is 0 Å². The molecule has 1 amide bonds. The molecule has 0 saturated carbocycles. The molecule has 0 saturated heterocycles. The maximum atomic E-state index is 10.2. The van der Waals surface area contributed by atoms with Gasteiger partial charge in [0.1, 0.15) is 0 Å². The third-order valence-corrected chi connectivity index (χ3v) is 0.704. The molecule has 3 N–H and O–H groups in total. The van der Waals surface area contributed by atoms with Gasteiger partial charge in [-0.25, -0.2) is 5.06 Å². The summed E-state index contributed by atoms with van der Waals surface area (Å²) in [5, 5.41) is 9.11. The van der Waals surface area contributed by atoms with Crippen molar-refractivity contribution in [1.82, 2.24) is 5.06 Å². The normalized spacial score (nSPS) is 8.88. The minimum Gasteiger partial charge on any atom is -0.329 e. The number of carbonyl (C=O) groups excluding carboxylic acids is 1. The first-order valence-corrected chi connectivity index (χ1v) is 2.35. The van der Waals surface area contributed by atoms with Crippen LogP contribution in [0.5, 0.6) is 0 Å². The summed E-state index contributed by atoms with van der Waals surface area (Å²) >= 11 is 0. The van der Waals surface area contributed by atoms with Crippen molar-refractivity contribution in [3.05, 3.63) is 0 Å². The van der Waals surface area contributed by atoms with Crippen LogP contribution in [0.1, 0.15) is 6.92 Å². The van der Waals surface area contributed by atoms with Gasteiger partial charge in [-0.3, -0.25) is 10.0 Å². The number of rotatable bonds is 2. The van der Waals surface area contributed by atoms with Crippen molar-refractivity contribution in [1.29, 1.82) is 0 Å². The largest absolute Gasteiger partial charge is 0.329 e. The second kappa shape index (κ2) is 3.40. The van der Waals surface area contributed by atoms with Crippen LogP contribution in [0, 0.1) is 0 Å². The predicted molar refractivity (Wildman–Crippen MR) is 28.2 cm³/mol. The van der Waals surface area contributed by atoms with E-state index in [1.54, 1.807) is 0 Å². The smallest absolute Gasteiger partial charge is 0.242 e. The zero-order valence-electron chi connectivity index (χ0n) is 4.79. The molecule has 0 aromatic heterocycles. The summed E-state index contributed by atoms with van der Waals surface area (Å²) in [6, 6.07) is 0. The molecule has 0 aromatic rings. The highest BCUT2D eigenvalue weighted by Crippen LogP contribution is 1.77. The molecule has 0 fully saturated rings. The molecule has 0 radical (unpaired) electrons. The fourth-order valence-corrected chi connectivity index (χ4v) is 0.280. The average Bonchev–Trinajstić information content (AvgIpc) is 1.67. The zero-order chi connectivity index (χ0) is 6.57. The Bertz CT molecular complexity index is 84.1. The first-order chi connectivity index (χ1) is 3.68. The SMILES string of the molecule is CC(=O)N(O)CCN. The molecule has 48 valence electrons. The summed E-state index contributed by atoms with van der Waals surface area (Å²) in [7, 11) is 0. The summed E-state index contributed by atoms with van der Waals surface area (Å²) in [5.74, 6) is -0.379. The fraction of sp³-hybridized carbons (Fsp3) is 0.750. The van der Waals surface area contributed by atoms with Crippen LogP contribution in [-0.2, 0) is 4.79 Å². The van der Waals surface area contributed by atoms with Gasteiger partial charge in [0.15, 0.2) is 0 Å². The Balaban J connectivity index is 3.32. The van der Waals surface area contributed by atoms with Gasteiger partial charge in [0, 0.05) is 13.5 Å². The molecule has 4 heteroatoms. The molecular weight excluding hydrogens is 108 g/mol. The highest BCUT2D eigenvalue weighted by atomic mass is 16.5. The van der Waals surface area contributed by atoms with Crippen LogP contribution < -0.4 is 5.73 Å². The molecule has 0 unspecified atom stereocenters. The molecule has 0 bridgehead atoms. The lowest BCUT2D eigenvalue weighted by Gasteiger charge is -2.08. The van der Waals surface area contributed by atoms with Crippen molar-refractivity contribution < 1.29 is 10.0 Å². The van der Waals surface area contributed by atoms with E-state index in [0.717, 1.165) is 0 Å². The molecule has 0 atom stereocenters. The molecule has 0 aliphatic heterocycles. The molecular formula is C4H10N2O2. The lowest BCUT2D eigenvalue weighted by molar-refractivity contribution is -0.161. The maximum Gasteiger partial charge on any atom is 0.242 e. The van der Waals surface area contributed by atoms with E-state index in [1.165, 1.54) is 6.92 Å². The summed E-state index contributed by atoms with van der Waals surface area (Å²) in [5.41, 5.74) is 5.01. The highest BCUT2D eigenvalue weighted by Gasteiger charge is 1.99.